The molecule has 110 valence electrons. The number of morpholine rings is 1. The van der Waals surface area contributed by atoms with Crippen molar-refractivity contribution in [3.8, 4) is 0 Å². The van der Waals surface area contributed by atoms with Gasteiger partial charge in [0.1, 0.15) is 0 Å². The number of carbonyl (C=O) groups is 2. The number of hydrogen-bond acceptors (Lipinski definition) is 4. The van der Waals surface area contributed by atoms with Crippen LogP contribution in [-0.2, 0) is 9.53 Å². The second kappa shape index (κ2) is 7.96. The van der Waals surface area contributed by atoms with Crippen LogP contribution in [0.1, 0.15) is 13.3 Å². The summed E-state index contributed by atoms with van der Waals surface area (Å²) in [6, 6.07) is -0.265. The van der Waals surface area contributed by atoms with Crippen molar-refractivity contribution in [1.29, 1.82) is 0 Å². The number of amides is 2. The van der Waals surface area contributed by atoms with Crippen LogP contribution in [0.15, 0.2) is 0 Å². The molecule has 0 spiro atoms. The van der Waals surface area contributed by atoms with Crippen molar-refractivity contribution in [2.24, 2.45) is 0 Å². The largest absolute Gasteiger partial charge is 0.481 e. The highest BCUT2D eigenvalue weighted by Gasteiger charge is 2.20. The van der Waals surface area contributed by atoms with Gasteiger partial charge in [-0.05, 0) is 6.54 Å². The van der Waals surface area contributed by atoms with Crippen molar-refractivity contribution in [1.82, 2.24) is 15.1 Å². The molecule has 0 aliphatic carbocycles. The van der Waals surface area contributed by atoms with Gasteiger partial charge in [0.25, 0.3) is 0 Å². The fourth-order valence-electron chi connectivity index (χ4n) is 1.89. The Morgan fingerprint density at radius 3 is 2.89 bits per heavy atom. The predicted molar refractivity (Wildman–Crippen MR) is 70.1 cm³/mol. The van der Waals surface area contributed by atoms with Gasteiger partial charge in [0.2, 0.25) is 0 Å². The van der Waals surface area contributed by atoms with E-state index in [1.54, 1.807) is 7.05 Å². The van der Waals surface area contributed by atoms with Gasteiger partial charge in [0.05, 0.1) is 19.1 Å². The summed E-state index contributed by atoms with van der Waals surface area (Å²) in [5.41, 5.74) is 0. The van der Waals surface area contributed by atoms with Gasteiger partial charge in [-0.3, -0.25) is 9.69 Å². The zero-order valence-corrected chi connectivity index (χ0v) is 11.6. The standard InChI is InChI=1S/C12H23N3O4/c1-3-15-6-7-19-10(9-15)8-13-12(18)14(2)5-4-11(16)17/h10H,3-9H2,1-2H3,(H,13,18)(H,16,17). The van der Waals surface area contributed by atoms with E-state index in [9.17, 15) is 9.59 Å². The molecule has 2 amide bonds. The quantitative estimate of drug-likeness (QED) is 0.702. The lowest BCUT2D eigenvalue weighted by atomic mass is 10.2. The highest BCUT2D eigenvalue weighted by atomic mass is 16.5. The summed E-state index contributed by atoms with van der Waals surface area (Å²) in [5.74, 6) is -0.908. The zero-order chi connectivity index (χ0) is 14.3. The average Bonchev–Trinajstić information content (AvgIpc) is 2.42. The second-order valence-corrected chi connectivity index (χ2v) is 4.64. The minimum Gasteiger partial charge on any atom is -0.481 e. The maximum atomic E-state index is 11.7. The monoisotopic (exact) mass is 273 g/mol. The first-order chi connectivity index (χ1) is 9.02. The van der Waals surface area contributed by atoms with Crippen LogP contribution in [-0.4, -0.2) is 79.4 Å². The van der Waals surface area contributed by atoms with E-state index in [0.29, 0.717) is 13.2 Å². The van der Waals surface area contributed by atoms with E-state index in [-0.39, 0.29) is 25.1 Å². The predicted octanol–water partition coefficient (Wildman–Crippen LogP) is -0.177. The molecule has 0 bridgehead atoms. The smallest absolute Gasteiger partial charge is 0.317 e. The summed E-state index contributed by atoms with van der Waals surface area (Å²) in [6.45, 7) is 6.16. The van der Waals surface area contributed by atoms with E-state index in [2.05, 4.69) is 17.1 Å². The molecular formula is C12H23N3O4. The Morgan fingerprint density at radius 1 is 1.53 bits per heavy atom. The summed E-state index contributed by atoms with van der Waals surface area (Å²) in [6.07, 6.45) is -0.0430. The molecule has 1 unspecified atom stereocenters. The molecule has 0 aromatic rings. The van der Waals surface area contributed by atoms with Crippen molar-refractivity contribution < 1.29 is 19.4 Å². The summed E-state index contributed by atoms with van der Waals surface area (Å²) >= 11 is 0. The first-order valence-electron chi connectivity index (χ1n) is 6.57. The Balaban J connectivity index is 2.23. The maximum absolute atomic E-state index is 11.7. The van der Waals surface area contributed by atoms with Crippen LogP contribution in [0.3, 0.4) is 0 Å². The highest BCUT2D eigenvalue weighted by molar-refractivity contribution is 5.75. The number of carboxylic acids is 1. The molecule has 0 aromatic carbocycles. The molecule has 1 saturated heterocycles. The van der Waals surface area contributed by atoms with Crippen molar-refractivity contribution in [2.45, 2.75) is 19.4 Å². The third-order valence-corrected chi connectivity index (χ3v) is 3.16. The van der Waals surface area contributed by atoms with E-state index in [4.69, 9.17) is 9.84 Å². The van der Waals surface area contributed by atoms with Gasteiger partial charge in [-0.2, -0.15) is 0 Å². The Bertz CT molecular complexity index is 311. The first-order valence-corrected chi connectivity index (χ1v) is 6.57. The van der Waals surface area contributed by atoms with E-state index < -0.39 is 5.97 Å². The molecule has 19 heavy (non-hydrogen) atoms. The van der Waals surface area contributed by atoms with Gasteiger partial charge in [-0.1, -0.05) is 6.92 Å². The third-order valence-electron chi connectivity index (χ3n) is 3.16. The van der Waals surface area contributed by atoms with Crippen molar-refractivity contribution in [3.63, 3.8) is 0 Å². The minimum atomic E-state index is -0.908. The summed E-state index contributed by atoms with van der Waals surface area (Å²) in [5, 5.41) is 11.3. The Hall–Kier alpha value is -1.34. The lowest BCUT2D eigenvalue weighted by molar-refractivity contribution is -0.137. The average molecular weight is 273 g/mol. The van der Waals surface area contributed by atoms with Crippen molar-refractivity contribution in [3.05, 3.63) is 0 Å². The first kappa shape index (κ1) is 15.7. The Kier molecular flexibility index (Phi) is 6.58. The number of carbonyl (C=O) groups excluding carboxylic acids is 1. The van der Waals surface area contributed by atoms with E-state index in [0.717, 1.165) is 19.6 Å². The van der Waals surface area contributed by atoms with Gasteiger partial charge in [-0.15, -0.1) is 0 Å². The van der Waals surface area contributed by atoms with Crippen LogP contribution in [0.4, 0.5) is 4.79 Å². The molecule has 7 heteroatoms. The number of rotatable bonds is 6. The van der Waals surface area contributed by atoms with Crippen molar-refractivity contribution in [2.75, 3.05) is 46.4 Å². The number of aliphatic carboxylic acids is 1. The van der Waals surface area contributed by atoms with Crippen LogP contribution >= 0.6 is 0 Å². The van der Waals surface area contributed by atoms with Crippen molar-refractivity contribution >= 4 is 12.0 Å². The molecular weight excluding hydrogens is 250 g/mol. The number of nitrogens with zero attached hydrogens (tertiary/aromatic N) is 2. The van der Waals surface area contributed by atoms with E-state index in [1.807, 2.05) is 0 Å². The molecule has 1 heterocycles. The lowest BCUT2D eigenvalue weighted by Gasteiger charge is -2.32. The summed E-state index contributed by atoms with van der Waals surface area (Å²) in [7, 11) is 1.58. The summed E-state index contributed by atoms with van der Waals surface area (Å²) in [4.78, 5) is 25.8. The number of urea groups is 1. The van der Waals surface area contributed by atoms with Gasteiger partial charge < -0.3 is 20.1 Å². The third kappa shape index (κ3) is 5.89. The van der Waals surface area contributed by atoms with Gasteiger partial charge in [0, 0.05) is 33.2 Å². The number of hydrogen-bond donors (Lipinski definition) is 2. The molecule has 0 aromatic heterocycles. The van der Waals surface area contributed by atoms with Gasteiger partial charge in [0.15, 0.2) is 0 Å². The molecule has 1 rings (SSSR count). The zero-order valence-electron chi connectivity index (χ0n) is 11.6. The van der Waals surface area contributed by atoms with E-state index >= 15 is 0 Å². The second-order valence-electron chi connectivity index (χ2n) is 4.64. The molecule has 7 nitrogen and oxygen atoms in total. The molecule has 0 saturated carbocycles. The molecule has 0 radical (unpaired) electrons. The SMILES string of the molecule is CCN1CCOC(CNC(=O)N(C)CCC(=O)O)C1. The molecule has 2 N–H and O–H groups in total. The van der Waals surface area contributed by atoms with Crippen LogP contribution in [0.5, 0.6) is 0 Å². The van der Waals surface area contributed by atoms with Crippen LogP contribution < -0.4 is 5.32 Å². The Labute approximate surface area is 113 Å². The minimum absolute atomic E-state index is 0.00511. The number of ether oxygens (including phenoxy) is 1. The topological polar surface area (TPSA) is 82.1 Å². The van der Waals surface area contributed by atoms with Gasteiger partial charge >= 0.3 is 12.0 Å². The lowest BCUT2D eigenvalue weighted by Crippen LogP contribution is -2.49. The highest BCUT2D eigenvalue weighted by Crippen LogP contribution is 2.03. The summed E-state index contributed by atoms with van der Waals surface area (Å²) < 4.78 is 5.57. The molecule has 1 aliphatic heterocycles. The van der Waals surface area contributed by atoms with Crippen LogP contribution in [0.2, 0.25) is 0 Å². The number of nitrogens with one attached hydrogen (secondary N) is 1. The molecule has 1 aliphatic rings. The van der Waals surface area contributed by atoms with E-state index in [1.165, 1.54) is 4.90 Å². The fraction of sp³-hybridized carbons (Fsp3) is 0.833. The maximum Gasteiger partial charge on any atom is 0.317 e. The molecule has 1 atom stereocenters. The van der Waals surface area contributed by atoms with Crippen LogP contribution in [0, 0.1) is 0 Å². The normalized spacial score (nSPS) is 20.0. The van der Waals surface area contributed by atoms with Gasteiger partial charge in [-0.25, -0.2) is 4.79 Å². The fourth-order valence-corrected chi connectivity index (χ4v) is 1.89. The van der Waals surface area contributed by atoms with Crippen LogP contribution in [0.25, 0.3) is 0 Å². The number of carboxylic acid groups (broad SMARTS) is 1. The Morgan fingerprint density at radius 2 is 2.26 bits per heavy atom. The number of likely N-dealkylation sites (N-methyl/N-ethyl adjacent to an activating group) is 1. The molecule has 1 fully saturated rings.